The van der Waals surface area contributed by atoms with Gasteiger partial charge in [-0.2, -0.15) is 18.4 Å². The van der Waals surface area contributed by atoms with Crippen molar-refractivity contribution >= 4 is 28.2 Å². The zero-order valence-electron chi connectivity index (χ0n) is 17.2. The number of para-hydroxylation sites is 1. The molecule has 1 N–H and O–H groups in total. The Labute approximate surface area is 193 Å². The van der Waals surface area contributed by atoms with Crippen molar-refractivity contribution in [3.63, 3.8) is 0 Å². The molecule has 4 aromatic rings. The summed E-state index contributed by atoms with van der Waals surface area (Å²) in [5, 5.41) is 13.6. The summed E-state index contributed by atoms with van der Waals surface area (Å²) in [6, 6.07) is 22.4. The lowest BCUT2D eigenvalue weighted by Gasteiger charge is -2.17. The van der Waals surface area contributed by atoms with E-state index in [-0.39, 0.29) is 11.2 Å². The highest BCUT2D eigenvalue weighted by atomic mass is 35.5. The molecular formula is C25H17ClF3N3O. The van der Waals surface area contributed by atoms with Gasteiger partial charge < -0.3 is 10.1 Å². The molecular weight excluding hydrogens is 451 g/mol. The Morgan fingerprint density at radius 3 is 2.36 bits per heavy atom. The van der Waals surface area contributed by atoms with E-state index < -0.39 is 17.4 Å². The first-order chi connectivity index (χ1) is 15.8. The molecule has 1 aromatic heterocycles. The van der Waals surface area contributed by atoms with E-state index in [4.69, 9.17) is 16.3 Å². The summed E-state index contributed by atoms with van der Waals surface area (Å²) < 4.78 is 46.8. The Kier molecular flexibility index (Phi) is 6.38. The number of benzene rings is 3. The van der Waals surface area contributed by atoms with Crippen LogP contribution in [0.5, 0.6) is 11.5 Å². The molecule has 1 heterocycles. The Balaban J connectivity index is 1.74. The minimum atomic E-state index is -4.77. The molecule has 0 fully saturated rings. The van der Waals surface area contributed by atoms with Crippen molar-refractivity contribution in [2.75, 3.05) is 11.9 Å². The van der Waals surface area contributed by atoms with Crippen molar-refractivity contribution in [2.24, 2.45) is 0 Å². The highest BCUT2D eigenvalue weighted by Gasteiger charge is 2.37. The van der Waals surface area contributed by atoms with Gasteiger partial charge in [0.15, 0.2) is 5.69 Å². The summed E-state index contributed by atoms with van der Waals surface area (Å²) in [5.41, 5.74) is -0.642. The van der Waals surface area contributed by atoms with Crippen LogP contribution >= 0.6 is 11.6 Å². The Morgan fingerprint density at radius 1 is 0.970 bits per heavy atom. The predicted molar refractivity (Wildman–Crippen MR) is 122 cm³/mol. The lowest BCUT2D eigenvalue weighted by Crippen LogP contribution is -2.15. The van der Waals surface area contributed by atoms with Gasteiger partial charge in [0.1, 0.15) is 23.1 Å². The first kappa shape index (κ1) is 22.4. The van der Waals surface area contributed by atoms with E-state index >= 15 is 0 Å². The summed E-state index contributed by atoms with van der Waals surface area (Å²) in [5.74, 6) is 0.995. The fourth-order valence-electron chi connectivity index (χ4n) is 3.41. The number of pyridine rings is 1. The molecule has 0 aliphatic heterocycles. The van der Waals surface area contributed by atoms with E-state index in [9.17, 15) is 18.4 Å². The number of aromatic nitrogens is 1. The molecule has 0 unspecified atom stereocenters. The fraction of sp³-hybridized carbons (Fsp3) is 0.120. The molecule has 0 radical (unpaired) electrons. The zero-order chi connectivity index (χ0) is 23.4. The summed E-state index contributed by atoms with van der Waals surface area (Å²) in [6.07, 6.45) is -4.25. The molecule has 0 saturated carbocycles. The van der Waals surface area contributed by atoms with Crippen LogP contribution in [0.25, 0.3) is 10.9 Å². The first-order valence-electron chi connectivity index (χ1n) is 10.0. The Bertz CT molecular complexity index is 1320. The molecule has 0 bridgehead atoms. The van der Waals surface area contributed by atoms with Crippen LogP contribution in [-0.2, 0) is 12.6 Å². The number of hydrogen-bond acceptors (Lipinski definition) is 4. The second-order valence-corrected chi connectivity index (χ2v) is 7.65. The number of fused-ring (bicyclic) bond motifs is 1. The highest BCUT2D eigenvalue weighted by molar-refractivity contribution is 6.30. The molecule has 0 aliphatic carbocycles. The average Bonchev–Trinajstić information content (AvgIpc) is 2.80. The normalized spacial score (nSPS) is 11.2. The second-order valence-electron chi connectivity index (χ2n) is 7.22. The number of nitriles is 1. The molecule has 0 spiro atoms. The third-order valence-corrected chi connectivity index (χ3v) is 5.20. The largest absolute Gasteiger partial charge is 0.457 e. The smallest absolute Gasteiger partial charge is 0.434 e. The van der Waals surface area contributed by atoms with E-state index in [2.05, 4.69) is 10.3 Å². The van der Waals surface area contributed by atoms with Crippen LogP contribution in [0.3, 0.4) is 0 Å². The summed E-state index contributed by atoms with van der Waals surface area (Å²) in [4.78, 5) is 3.74. The fourth-order valence-corrected chi connectivity index (χ4v) is 3.54. The van der Waals surface area contributed by atoms with Gasteiger partial charge in [0, 0.05) is 17.0 Å². The lowest BCUT2D eigenvalue weighted by atomic mass is 10.0. The maximum atomic E-state index is 13.7. The minimum absolute atomic E-state index is 0.0716. The van der Waals surface area contributed by atoms with E-state index in [0.29, 0.717) is 34.9 Å². The Morgan fingerprint density at radius 2 is 1.70 bits per heavy atom. The van der Waals surface area contributed by atoms with Crippen molar-refractivity contribution in [3.05, 3.63) is 94.6 Å². The monoisotopic (exact) mass is 467 g/mol. The van der Waals surface area contributed by atoms with E-state index in [1.165, 1.54) is 6.07 Å². The van der Waals surface area contributed by atoms with Crippen molar-refractivity contribution in [1.82, 2.24) is 4.98 Å². The number of rotatable bonds is 6. The van der Waals surface area contributed by atoms with Gasteiger partial charge in [-0.05, 0) is 54.4 Å². The number of nitrogens with one attached hydrogen (secondary N) is 1. The summed E-state index contributed by atoms with van der Waals surface area (Å²) in [6.45, 7) is 0.302. The third-order valence-electron chi connectivity index (χ3n) is 4.94. The number of hydrogen-bond donors (Lipinski definition) is 1. The second kappa shape index (κ2) is 9.39. The van der Waals surface area contributed by atoms with Crippen molar-refractivity contribution in [2.45, 2.75) is 12.6 Å². The maximum absolute atomic E-state index is 13.7. The molecule has 0 saturated heterocycles. The van der Waals surface area contributed by atoms with Gasteiger partial charge in [0.05, 0.1) is 11.2 Å². The SMILES string of the molecule is N#Cc1c(C(F)(F)F)nc2ccc(Oc3ccccc3)cc2c1NCCc1ccc(Cl)cc1. The van der Waals surface area contributed by atoms with Crippen molar-refractivity contribution in [3.8, 4) is 17.6 Å². The number of anilines is 1. The number of nitrogens with zero attached hydrogens (tertiary/aromatic N) is 2. The average molecular weight is 468 g/mol. The topological polar surface area (TPSA) is 57.9 Å². The summed E-state index contributed by atoms with van der Waals surface area (Å²) >= 11 is 5.90. The molecule has 0 aliphatic rings. The van der Waals surface area contributed by atoms with Crippen LogP contribution < -0.4 is 10.1 Å². The Hall–Kier alpha value is -3.76. The molecule has 3 aromatic carbocycles. The van der Waals surface area contributed by atoms with Crippen LogP contribution in [0, 0.1) is 11.3 Å². The number of alkyl halides is 3. The van der Waals surface area contributed by atoms with Gasteiger partial charge in [0.2, 0.25) is 0 Å². The van der Waals surface area contributed by atoms with Gasteiger partial charge in [0.25, 0.3) is 0 Å². The van der Waals surface area contributed by atoms with Crippen molar-refractivity contribution in [1.29, 1.82) is 5.26 Å². The van der Waals surface area contributed by atoms with Crippen LogP contribution in [0.1, 0.15) is 16.8 Å². The molecule has 0 amide bonds. The maximum Gasteiger partial charge on any atom is 0.434 e. The van der Waals surface area contributed by atoms with Gasteiger partial charge in [-0.1, -0.05) is 41.9 Å². The molecule has 166 valence electrons. The standard InChI is InChI=1S/C25H17ClF3N3O/c26-17-8-6-16(7-9-17)12-13-31-23-20-14-19(33-18-4-2-1-3-5-18)10-11-22(20)32-24(21(23)15-30)25(27,28)29/h1-11,14H,12-13H2,(H,31,32). The van der Waals surface area contributed by atoms with Crippen LogP contribution in [0.2, 0.25) is 5.02 Å². The molecule has 4 nitrogen and oxygen atoms in total. The van der Waals surface area contributed by atoms with Gasteiger partial charge >= 0.3 is 6.18 Å². The van der Waals surface area contributed by atoms with Gasteiger partial charge in [-0.15, -0.1) is 0 Å². The van der Waals surface area contributed by atoms with Gasteiger partial charge in [-0.25, -0.2) is 4.98 Å². The van der Waals surface area contributed by atoms with Crippen LogP contribution in [0.15, 0.2) is 72.8 Å². The predicted octanol–water partition coefficient (Wildman–Crippen LogP) is 7.23. The molecule has 0 atom stereocenters. The number of halogens is 4. The minimum Gasteiger partial charge on any atom is -0.457 e. The van der Waals surface area contributed by atoms with Gasteiger partial charge in [-0.3, -0.25) is 0 Å². The molecule has 33 heavy (non-hydrogen) atoms. The van der Waals surface area contributed by atoms with E-state index in [1.54, 1.807) is 42.5 Å². The molecule has 8 heteroatoms. The number of ether oxygens (including phenoxy) is 1. The third kappa shape index (κ3) is 5.18. The lowest BCUT2D eigenvalue weighted by molar-refractivity contribution is -0.141. The highest BCUT2D eigenvalue weighted by Crippen LogP contribution is 2.38. The summed E-state index contributed by atoms with van der Waals surface area (Å²) in [7, 11) is 0. The van der Waals surface area contributed by atoms with E-state index in [0.717, 1.165) is 5.56 Å². The molecule has 4 rings (SSSR count). The van der Waals surface area contributed by atoms with Crippen LogP contribution in [-0.4, -0.2) is 11.5 Å². The van der Waals surface area contributed by atoms with Crippen LogP contribution in [0.4, 0.5) is 18.9 Å². The van der Waals surface area contributed by atoms with E-state index in [1.807, 2.05) is 30.3 Å². The quantitative estimate of drug-likeness (QED) is 0.325. The first-order valence-corrected chi connectivity index (χ1v) is 10.4. The zero-order valence-corrected chi connectivity index (χ0v) is 17.9. The van der Waals surface area contributed by atoms with Crippen molar-refractivity contribution < 1.29 is 17.9 Å².